The highest BCUT2D eigenvalue weighted by Gasteiger charge is 2.26. The topological polar surface area (TPSA) is 152 Å². The Morgan fingerprint density at radius 2 is 1.88 bits per heavy atom. The molecule has 0 aliphatic rings. The van der Waals surface area contributed by atoms with Gasteiger partial charge in [0.05, 0.1) is 19.3 Å². The maximum absolute atomic E-state index is 13.5. The zero-order chi connectivity index (χ0) is 29.7. The summed E-state index contributed by atoms with van der Waals surface area (Å²) >= 11 is 6.23. The quantitative estimate of drug-likeness (QED) is 0.259. The number of rotatable bonds is 12. The maximum Gasteiger partial charge on any atom is 0.314 e. The third kappa shape index (κ3) is 6.64. The molecule has 3 aromatic heterocycles. The minimum atomic E-state index is -2.97. The molecular formula is C27H24ClF2N5O6. The summed E-state index contributed by atoms with van der Waals surface area (Å²) in [5.74, 6) is -1.90. The van der Waals surface area contributed by atoms with Gasteiger partial charge in [-0.25, -0.2) is 0 Å². The molecule has 1 unspecified atom stereocenters. The lowest BCUT2D eigenvalue weighted by atomic mass is 9.98. The summed E-state index contributed by atoms with van der Waals surface area (Å²) in [7, 11) is 2.84. The first-order valence-corrected chi connectivity index (χ1v) is 12.5. The number of methoxy groups -OCH3 is 2. The Morgan fingerprint density at radius 1 is 1.10 bits per heavy atom. The van der Waals surface area contributed by atoms with Gasteiger partial charge in [0.1, 0.15) is 11.4 Å². The van der Waals surface area contributed by atoms with E-state index in [9.17, 15) is 23.2 Å². The zero-order valence-corrected chi connectivity index (χ0v) is 22.6. The first kappa shape index (κ1) is 29.5. The lowest BCUT2D eigenvalue weighted by Gasteiger charge is -2.21. The van der Waals surface area contributed by atoms with Gasteiger partial charge in [-0.1, -0.05) is 17.7 Å². The van der Waals surface area contributed by atoms with Gasteiger partial charge in [0.25, 0.3) is 17.4 Å². The van der Waals surface area contributed by atoms with E-state index >= 15 is 0 Å². The lowest BCUT2D eigenvalue weighted by Crippen LogP contribution is -2.31. The zero-order valence-electron chi connectivity index (χ0n) is 21.8. The molecule has 1 atom stereocenters. The molecule has 4 aromatic rings. The van der Waals surface area contributed by atoms with E-state index in [4.69, 9.17) is 31.2 Å². The van der Waals surface area contributed by atoms with Gasteiger partial charge >= 0.3 is 6.43 Å². The summed E-state index contributed by atoms with van der Waals surface area (Å²) in [6, 6.07) is 7.77. The number of pyridine rings is 2. The largest absolute Gasteiger partial charge is 0.495 e. The van der Waals surface area contributed by atoms with E-state index in [1.807, 2.05) is 0 Å². The number of halogens is 3. The molecule has 2 N–H and O–H groups in total. The molecule has 1 aromatic carbocycles. The van der Waals surface area contributed by atoms with Crippen molar-refractivity contribution in [3.05, 3.63) is 81.3 Å². The molecule has 4 rings (SSSR count). The number of carbonyl (C=O) groups excluding carboxylic acids is 2. The summed E-state index contributed by atoms with van der Waals surface area (Å²) in [6.45, 7) is 0.174. The normalized spacial score (nSPS) is 12.0. The highest BCUT2D eigenvalue weighted by Crippen LogP contribution is 2.38. The van der Waals surface area contributed by atoms with Crippen molar-refractivity contribution in [2.75, 3.05) is 20.8 Å². The third-order valence-corrected chi connectivity index (χ3v) is 6.39. The van der Waals surface area contributed by atoms with Crippen molar-refractivity contribution in [1.29, 1.82) is 0 Å². The number of amides is 1. The van der Waals surface area contributed by atoms with E-state index in [0.29, 0.717) is 11.1 Å². The Balaban J connectivity index is 1.75. The number of carbonyl (C=O) groups is 2. The van der Waals surface area contributed by atoms with Crippen LogP contribution >= 0.6 is 11.6 Å². The number of ether oxygens (including phenoxy) is 2. The fraction of sp³-hybridized carbons (Fsp3) is 0.259. The number of Topliss-reactive ketones (excluding diaryl/α,β-unsaturated/α-hetero) is 1. The second kappa shape index (κ2) is 12.8. The average Bonchev–Trinajstić information content (AvgIpc) is 3.44. The molecule has 0 bridgehead atoms. The van der Waals surface area contributed by atoms with Gasteiger partial charge in [-0.05, 0) is 41.8 Å². The number of nitrogens with two attached hydrogens (primary N) is 1. The molecule has 3 heterocycles. The summed E-state index contributed by atoms with van der Waals surface area (Å²) in [6.07, 6.45) is -0.128. The van der Waals surface area contributed by atoms with E-state index in [-0.39, 0.29) is 58.7 Å². The molecule has 0 radical (unpaired) electrons. The standard InChI is InChI=1S/C27H24ClF2N5O6/c1-39-8-7-20(21(36)9-14-3-6-19(25(31)38)32-12-14)35-13-22(40-2)18(11-23(35)37)17-10-15(28)4-5-16(17)26-33-34-27(41-26)24(29)30/h3-6,10-13,20,24H,7-9H2,1-2H3,(H2,31,38). The van der Waals surface area contributed by atoms with Gasteiger partial charge in [-0.2, -0.15) is 8.78 Å². The van der Waals surface area contributed by atoms with E-state index in [0.717, 1.165) is 0 Å². The number of ketones is 1. The Morgan fingerprint density at radius 3 is 2.49 bits per heavy atom. The predicted molar refractivity (Wildman–Crippen MR) is 143 cm³/mol. The first-order valence-electron chi connectivity index (χ1n) is 12.1. The Labute approximate surface area is 236 Å². The van der Waals surface area contributed by atoms with Crippen molar-refractivity contribution in [1.82, 2.24) is 19.7 Å². The van der Waals surface area contributed by atoms with Crippen LogP contribution in [-0.2, 0) is 16.0 Å². The molecule has 14 heteroatoms. The number of benzene rings is 1. The van der Waals surface area contributed by atoms with Crippen LogP contribution in [0.1, 0.15) is 40.8 Å². The predicted octanol–water partition coefficient (Wildman–Crippen LogP) is 4.05. The first-order chi connectivity index (χ1) is 19.6. The number of hydrogen-bond donors (Lipinski definition) is 1. The van der Waals surface area contributed by atoms with E-state index in [1.165, 1.54) is 61.5 Å². The van der Waals surface area contributed by atoms with Crippen molar-refractivity contribution < 1.29 is 32.3 Å². The van der Waals surface area contributed by atoms with Crippen LogP contribution in [0.4, 0.5) is 8.78 Å². The number of nitrogens with zero attached hydrogens (tertiary/aromatic N) is 4. The highest BCUT2D eigenvalue weighted by atomic mass is 35.5. The molecule has 41 heavy (non-hydrogen) atoms. The number of alkyl halides is 2. The molecule has 0 saturated heterocycles. The average molecular weight is 588 g/mol. The molecule has 0 fully saturated rings. The smallest absolute Gasteiger partial charge is 0.314 e. The summed E-state index contributed by atoms with van der Waals surface area (Å²) in [4.78, 5) is 42.1. The summed E-state index contributed by atoms with van der Waals surface area (Å²) in [5, 5.41) is 7.36. The molecule has 0 aliphatic heterocycles. The van der Waals surface area contributed by atoms with Crippen molar-refractivity contribution in [2.24, 2.45) is 5.73 Å². The van der Waals surface area contributed by atoms with Crippen molar-refractivity contribution >= 4 is 23.3 Å². The van der Waals surface area contributed by atoms with Crippen LogP contribution in [0.2, 0.25) is 5.02 Å². The second-order valence-electron chi connectivity index (χ2n) is 8.79. The fourth-order valence-corrected chi connectivity index (χ4v) is 4.35. The summed E-state index contributed by atoms with van der Waals surface area (Å²) < 4.78 is 43.3. The van der Waals surface area contributed by atoms with Crippen molar-refractivity contribution in [3.63, 3.8) is 0 Å². The van der Waals surface area contributed by atoms with Gasteiger partial charge < -0.3 is 24.2 Å². The number of hydrogen-bond acceptors (Lipinski definition) is 9. The summed E-state index contributed by atoms with van der Waals surface area (Å²) in [5.41, 5.74) is 6.05. The van der Waals surface area contributed by atoms with Crippen LogP contribution in [0.3, 0.4) is 0 Å². The Bertz CT molecular complexity index is 1620. The third-order valence-electron chi connectivity index (χ3n) is 6.15. The molecule has 0 aliphatic carbocycles. The molecular weight excluding hydrogens is 564 g/mol. The Hall–Kier alpha value is -4.49. The fourth-order valence-electron chi connectivity index (χ4n) is 4.18. The van der Waals surface area contributed by atoms with Crippen LogP contribution in [0.15, 0.2) is 58.0 Å². The molecule has 214 valence electrons. The van der Waals surface area contributed by atoms with Crippen LogP contribution in [0.25, 0.3) is 22.6 Å². The minimum Gasteiger partial charge on any atom is -0.495 e. The number of primary amides is 1. The number of aromatic nitrogens is 4. The minimum absolute atomic E-state index is 0.0556. The van der Waals surface area contributed by atoms with Gasteiger partial charge in [0.15, 0.2) is 5.78 Å². The van der Waals surface area contributed by atoms with Gasteiger partial charge in [-0.3, -0.25) is 19.4 Å². The molecule has 0 spiro atoms. The van der Waals surface area contributed by atoms with E-state index in [2.05, 4.69) is 15.2 Å². The second-order valence-corrected chi connectivity index (χ2v) is 9.23. The molecule has 0 saturated carbocycles. The van der Waals surface area contributed by atoms with E-state index in [1.54, 1.807) is 6.07 Å². The SMILES string of the molecule is COCCC(C(=O)Cc1ccc(C(N)=O)nc1)n1cc(OC)c(-c2cc(Cl)ccc2-c2nnc(C(F)F)o2)cc1=O. The van der Waals surface area contributed by atoms with E-state index < -0.39 is 29.8 Å². The van der Waals surface area contributed by atoms with Gasteiger partial charge in [0.2, 0.25) is 5.89 Å². The maximum atomic E-state index is 13.5. The monoisotopic (exact) mass is 587 g/mol. The van der Waals surface area contributed by atoms with Gasteiger partial charge in [0, 0.05) is 48.6 Å². The highest BCUT2D eigenvalue weighted by molar-refractivity contribution is 6.31. The molecule has 1 amide bonds. The van der Waals surface area contributed by atoms with Crippen molar-refractivity contribution in [3.8, 4) is 28.3 Å². The van der Waals surface area contributed by atoms with Crippen LogP contribution in [0, 0.1) is 0 Å². The Kier molecular flexibility index (Phi) is 9.20. The lowest BCUT2D eigenvalue weighted by molar-refractivity contribution is -0.122. The van der Waals surface area contributed by atoms with Crippen LogP contribution in [0.5, 0.6) is 5.75 Å². The van der Waals surface area contributed by atoms with Gasteiger partial charge in [-0.15, -0.1) is 10.2 Å². The van der Waals surface area contributed by atoms with Crippen molar-refractivity contribution in [2.45, 2.75) is 25.3 Å². The molecule has 11 nitrogen and oxygen atoms in total. The van der Waals surface area contributed by atoms with Crippen LogP contribution < -0.4 is 16.0 Å². The van der Waals surface area contributed by atoms with Crippen LogP contribution in [-0.4, -0.2) is 52.3 Å².